The van der Waals surface area contributed by atoms with Crippen LogP contribution in [0.3, 0.4) is 0 Å². The topological polar surface area (TPSA) is 111 Å². The summed E-state index contributed by atoms with van der Waals surface area (Å²) < 4.78 is 37.6. The molecule has 0 saturated carbocycles. The van der Waals surface area contributed by atoms with Gasteiger partial charge in [-0.25, -0.2) is 8.42 Å². The number of sulfonamides is 1. The Morgan fingerprint density at radius 3 is 2.50 bits per heavy atom. The molecule has 0 bridgehead atoms. The quantitative estimate of drug-likeness (QED) is 0.609. The Kier molecular flexibility index (Phi) is 5.53. The first-order chi connectivity index (χ1) is 10.9. The number of hydrogen-bond acceptors (Lipinski definition) is 7. The van der Waals surface area contributed by atoms with Crippen LogP contribution in [0.1, 0.15) is 6.92 Å². The van der Waals surface area contributed by atoms with Crippen LogP contribution in [0.2, 0.25) is 0 Å². The second-order valence-electron chi connectivity index (χ2n) is 5.44. The van der Waals surface area contributed by atoms with Crippen molar-refractivity contribution in [2.45, 2.75) is 17.9 Å². The van der Waals surface area contributed by atoms with E-state index in [4.69, 9.17) is 9.47 Å². The fourth-order valence-corrected chi connectivity index (χ4v) is 4.35. The second kappa shape index (κ2) is 7.09. The third kappa shape index (κ3) is 3.41. The third-order valence-electron chi connectivity index (χ3n) is 3.77. The minimum absolute atomic E-state index is 0. The van der Waals surface area contributed by atoms with Gasteiger partial charge in [-0.2, -0.15) is 4.31 Å². The summed E-state index contributed by atoms with van der Waals surface area (Å²) in [4.78, 5) is 10.2. The van der Waals surface area contributed by atoms with Crippen LogP contribution in [-0.4, -0.2) is 56.5 Å². The minimum Gasteiger partial charge on any atom is -0.486 e. The van der Waals surface area contributed by atoms with Crippen molar-refractivity contribution in [3.8, 4) is 11.5 Å². The van der Waals surface area contributed by atoms with E-state index in [1.807, 2.05) is 6.92 Å². The molecule has 0 aromatic heterocycles. The lowest BCUT2D eigenvalue weighted by atomic mass is 10.2. The number of halogens is 1. The Balaban J connectivity index is 0.00000208. The summed E-state index contributed by atoms with van der Waals surface area (Å²) in [5, 5.41) is 14.5. The Bertz CT molecular complexity index is 741. The molecule has 0 aliphatic carbocycles. The predicted octanol–water partition coefficient (Wildman–Crippen LogP) is 0.770. The van der Waals surface area contributed by atoms with Crippen LogP contribution in [0, 0.1) is 10.1 Å². The van der Waals surface area contributed by atoms with Crippen molar-refractivity contribution in [2.24, 2.45) is 0 Å². The zero-order valence-electron chi connectivity index (χ0n) is 12.9. The molecule has 1 atom stereocenters. The van der Waals surface area contributed by atoms with E-state index in [0.717, 1.165) is 6.07 Å². The Morgan fingerprint density at radius 2 is 1.92 bits per heavy atom. The van der Waals surface area contributed by atoms with E-state index in [1.54, 1.807) is 0 Å². The smallest absolute Gasteiger partial charge is 0.293 e. The van der Waals surface area contributed by atoms with Crippen LogP contribution in [-0.2, 0) is 10.0 Å². The maximum absolute atomic E-state index is 12.8. The number of nitrogens with one attached hydrogen (secondary N) is 1. The Morgan fingerprint density at radius 1 is 1.29 bits per heavy atom. The van der Waals surface area contributed by atoms with Crippen molar-refractivity contribution in [2.75, 3.05) is 32.8 Å². The number of nitrogens with zero attached hydrogens (tertiary/aromatic N) is 2. The van der Waals surface area contributed by atoms with Gasteiger partial charge in [0, 0.05) is 31.7 Å². The zero-order valence-corrected chi connectivity index (χ0v) is 14.6. The summed E-state index contributed by atoms with van der Waals surface area (Å²) in [5.41, 5.74) is -0.500. The zero-order chi connectivity index (χ0) is 16.6. The Hall–Kier alpha value is -1.62. The number of nitro benzene ring substituents is 1. The lowest BCUT2D eigenvalue weighted by Gasteiger charge is -2.31. The largest absolute Gasteiger partial charge is 0.486 e. The maximum Gasteiger partial charge on any atom is 0.293 e. The van der Waals surface area contributed by atoms with Gasteiger partial charge in [0.05, 0.1) is 11.0 Å². The second-order valence-corrected chi connectivity index (χ2v) is 7.35. The van der Waals surface area contributed by atoms with Gasteiger partial charge in [0.25, 0.3) is 5.69 Å². The summed E-state index contributed by atoms with van der Waals surface area (Å²) in [5.74, 6) is 0.402. The van der Waals surface area contributed by atoms with Gasteiger partial charge in [0.2, 0.25) is 10.0 Å². The fraction of sp³-hybridized carbons (Fsp3) is 0.538. The van der Waals surface area contributed by atoms with Gasteiger partial charge in [-0.3, -0.25) is 10.1 Å². The normalized spacial score (nSPS) is 21.0. The number of fused-ring (bicyclic) bond motifs is 1. The molecule has 9 nitrogen and oxygen atoms in total. The van der Waals surface area contributed by atoms with Crippen LogP contribution in [0.15, 0.2) is 17.0 Å². The summed E-state index contributed by atoms with van der Waals surface area (Å²) in [6, 6.07) is 2.29. The van der Waals surface area contributed by atoms with Gasteiger partial charge in [-0.05, 0) is 6.92 Å². The van der Waals surface area contributed by atoms with Gasteiger partial charge >= 0.3 is 0 Å². The molecule has 134 valence electrons. The van der Waals surface area contributed by atoms with Crippen molar-refractivity contribution < 1.29 is 22.8 Å². The van der Waals surface area contributed by atoms with Gasteiger partial charge in [0.15, 0.2) is 16.4 Å². The van der Waals surface area contributed by atoms with Crippen molar-refractivity contribution >= 4 is 28.1 Å². The molecule has 3 rings (SSSR count). The first kappa shape index (κ1) is 18.7. The molecule has 11 heteroatoms. The first-order valence-electron chi connectivity index (χ1n) is 7.21. The molecule has 1 aromatic rings. The molecule has 1 fully saturated rings. The highest BCUT2D eigenvalue weighted by Crippen LogP contribution is 2.39. The lowest BCUT2D eigenvalue weighted by molar-refractivity contribution is -0.388. The summed E-state index contributed by atoms with van der Waals surface area (Å²) >= 11 is 0. The molecule has 0 amide bonds. The first-order valence-corrected chi connectivity index (χ1v) is 8.65. The van der Waals surface area contributed by atoms with Crippen LogP contribution in [0.25, 0.3) is 0 Å². The van der Waals surface area contributed by atoms with Crippen molar-refractivity contribution in [3.05, 3.63) is 22.2 Å². The molecule has 1 N–H and O–H groups in total. The van der Waals surface area contributed by atoms with E-state index in [2.05, 4.69) is 5.32 Å². The van der Waals surface area contributed by atoms with Crippen LogP contribution in [0.4, 0.5) is 5.69 Å². The average molecular weight is 380 g/mol. The molecule has 24 heavy (non-hydrogen) atoms. The lowest BCUT2D eigenvalue weighted by Crippen LogP contribution is -2.51. The maximum atomic E-state index is 12.8. The molecule has 0 spiro atoms. The number of hydrogen-bond donors (Lipinski definition) is 1. The van der Waals surface area contributed by atoms with Crippen LogP contribution in [0.5, 0.6) is 11.5 Å². The van der Waals surface area contributed by atoms with Crippen molar-refractivity contribution in [1.82, 2.24) is 9.62 Å². The van der Waals surface area contributed by atoms with E-state index in [1.165, 1.54) is 10.4 Å². The molecular weight excluding hydrogens is 362 g/mol. The summed E-state index contributed by atoms with van der Waals surface area (Å²) in [7, 11) is -3.99. The van der Waals surface area contributed by atoms with Crippen molar-refractivity contribution in [3.63, 3.8) is 0 Å². The molecule has 2 heterocycles. The Labute approximate surface area is 145 Å². The fourth-order valence-electron chi connectivity index (χ4n) is 2.66. The molecule has 2 aliphatic heterocycles. The molecule has 2 aliphatic rings. The number of ether oxygens (including phenoxy) is 2. The van der Waals surface area contributed by atoms with E-state index in [9.17, 15) is 18.5 Å². The molecule has 1 unspecified atom stereocenters. The van der Waals surface area contributed by atoms with Crippen LogP contribution < -0.4 is 14.8 Å². The number of rotatable bonds is 3. The monoisotopic (exact) mass is 379 g/mol. The molecule has 1 saturated heterocycles. The SMILES string of the molecule is CC1CN(S(=O)(=O)c2cc3c(cc2[N+](=O)[O-])OCCO3)CCN1.Cl. The number of piperazine rings is 1. The summed E-state index contributed by atoms with van der Waals surface area (Å²) in [6.07, 6.45) is 0. The highest BCUT2D eigenvalue weighted by Gasteiger charge is 2.36. The van der Waals surface area contributed by atoms with Gasteiger partial charge in [-0.15, -0.1) is 12.4 Å². The highest BCUT2D eigenvalue weighted by molar-refractivity contribution is 7.89. The van der Waals surface area contributed by atoms with Gasteiger partial charge < -0.3 is 14.8 Å². The van der Waals surface area contributed by atoms with Crippen molar-refractivity contribution in [1.29, 1.82) is 0 Å². The molecule has 1 aromatic carbocycles. The van der Waals surface area contributed by atoms with E-state index in [0.29, 0.717) is 6.54 Å². The minimum atomic E-state index is -3.99. The average Bonchev–Trinajstić information content (AvgIpc) is 2.53. The number of benzene rings is 1. The molecule has 0 radical (unpaired) electrons. The standard InChI is InChI=1S/C13H17N3O6S.ClH/c1-9-8-15(3-2-14-9)23(19,20)13-7-12-11(21-4-5-22-12)6-10(13)16(17)18;/h6-7,9,14H,2-5,8H2,1H3;1H. The third-order valence-corrected chi connectivity index (χ3v) is 5.66. The number of nitro groups is 1. The van der Waals surface area contributed by atoms with E-state index in [-0.39, 0.29) is 61.1 Å². The highest BCUT2D eigenvalue weighted by atomic mass is 35.5. The summed E-state index contributed by atoms with van der Waals surface area (Å²) in [6.45, 7) is 3.42. The van der Waals surface area contributed by atoms with Crippen LogP contribution >= 0.6 is 12.4 Å². The van der Waals surface area contributed by atoms with Gasteiger partial charge in [-0.1, -0.05) is 0 Å². The van der Waals surface area contributed by atoms with Gasteiger partial charge in [0.1, 0.15) is 13.2 Å². The molecular formula is C13H18ClN3O6S. The van der Waals surface area contributed by atoms with E-state index >= 15 is 0 Å². The predicted molar refractivity (Wildman–Crippen MR) is 87.6 cm³/mol. The van der Waals surface area contributed by atoms with E-state index < -0.39 is 20.6 Å².